The molecule has 0 aromatic heterocycles. The van der Waals surface area contributed by atoms with Gasteiger partial charge >= 0.3 is 90.1 Å². The number of aliphatic imine (C=N–C) groups is 1. The van der Waals surface area contributed by atoms with Crippen molar-refractivity contribution in [1.82, 2.24) is 0 Å². The minimum absolute atomic E-state index is 0.0354. The van der Waals surface area contributed by atoms with Crippen LogP contribution in [-0.4, -0.2) is 33.2 Å². The van der Waals surface area contributed by atoms with Crippen molar-refractivity contribution in [3.05, 3.63) is 30.3 Å². The monoisotopic (exact) mass is 256 g/mol. The average molecular weight is 255 g/mol. The van der Waals surface area contributed by atoms with E-state index in [4.69, 9.17) is 5.73 Å². The summed E-state index contributed by atoms with van der Waals surface area (Å²) in [6.45, 7) is 0.0354. The maximum absolute atomic E-state index is 11.2. The summed E-state index contributed by atoms with van der Waals surface area (Å²) in [7, 11) is 0. The van der Waals surface area contributed by atoms with Gasteiger partial charge in [-0.25, -0.2) is 0 Å². The second-order valence-electron chi connectivity index (χ2n) is 2.57. The number of carbonyl (C=O) groups is 1. The Bertz CT molecular complexity index is 333. The van der Waals surface area contributed by atoms with Gasteiger partial charge in [-0.05, 0) is 0 Å². The van der Waals surface area contributed by atoms with Gasteiger partial charge < -0.3 is 0 Å². The second-order valence-corrected chi connectivity index (χ2v) is 3.45. The van der Waals surface area contributed by atoms with Gasteiger partial charge in [-0.2, -0.15) is 0 Å². The molecule has 0 atom stereocenters. The zero-order valence-electron chi connectivity index (χ0n) is 7.43. The van der Waals surface area contributed by atoms with Crippen LogP contribution in [0.15, 0.2) is 35.3 Å². The Labute approximate surface area is 90.4 Å². The van der Waals surface area contributed by atoms with Gasteiger partial charge in [-0.3, -0.25) is 0 Å². The van der Waals surface area contributed by atoms with E-state index in [2.05, 4.69) is 26.3 Å². The summed E-state index contributed by atoms with van der Waals surface area (Å²) in [6, 6.07) is 9.20. The normalized spacial score (nSPS) is 11.0. The number of anilines is 1. The third-order valence-electron chi connectivity index (χ3n) is 1.44. The fraction of sp³-hybridized carbons (Fsp3) is 0.111. The topological polar surface area (TPSA) is 67.5 Å². The third-order valence-corrected chi connectivity index (χ3v) is 1.71. The van der Waals surface area contributed by atoms with E-state index in [9.17, 15) is 4.79 Å². The van der Waals surface area contributed by atoms with E-state index in [1.54, 1.807) is 0 Å². The molecule has 0 aliphatic heterocycles. The fourth-order valence-electron chi connectivity index (χ4n) is 0.872. The molecule has 0 unspecified atom stereocenters. The van der Waals surface area contributed by atoms with E-state index in [1.165, 1.54) is 0 Å². The average Bonchev–Trinajstić information content (AvgIpc) is 2.16. The van der Waals surface area contributed by atoms with Crippen molar-refractivity contribution in [2.24, 2.45) is 10.7 Å². The molecular weight excluding hydrogens is 245 g/mol. The summed E-state index contributed by atoms with van der Waals surface area (Å²) < 4.78 is 0.285. The molecule has 1 aromatic rings. The Hall–Kier alpha value is -1.32. The third kappa shape index (κ3) is 4.07. The van der Waals surface area contributed by atoms with Crippen molar-refractivity contribution in [2.75, 3.05) is 11.9 Å². The number of nitrogens with two attached hydrogens (primary N) is 1. The quantitative estimate of drug-likeness (QED) is 0.457. The molecule has 0 aliphatic carbocycles. The summed E-state index contributed by atoms with van der Waals surface area (Å²) in [5, 5.41) is 2.68. The van der Waals surface area contributed by atoms with E-state index in [0.717, 1.165) is 5.69 Å². The van der Waals surface area contributed by atoms with Crippen LogP contribution in [0.2, 0.25) is 0 Å². The Balaban J connectivity index is 2.46. The number of rotatable bonds is 3. The van der Waals surface area contributed by atoms with Crippen LogP contribution >= 0.6 is 0 Å². The van der Waals surface area contributed by atoms with Crippen LogP contribution in [-0.2, 0) is 4.79 Å². The number of benzene rings is 1. The number of hydrogen-bond donors (Lipinski definition) is 2. The zero-order chi connectivity index (χ0) is 10.4. The van der Waals surface area contributed by atoms with Gasteiger partial charge in [0.25, 0.3) is 0 Å². The van der Waals surface area contributed by atoms with Gasteiger partial charge in [0.1, 0.15) is 0 Å². The first-order valence-electron chi connectivity index (χ1n) is 4.00. The molecule has 0 fully saturated rings. The Morgan fingerprint density at radius 1 is 1.43 bits per heavy atom. The van der Waals surface area contributed by atoms with Crippen molar-refractivity contribution in [3.63, 3.8) is 0 Å². The van der Waals surface area contributed by atoms with Crippen LogP contribution in [0.3, 0.4) is 0 Å². The van der Waals surface area contributed by atoms with Crippen LogP contribution in [0.5, 0.6) is 0 Å². The van der Waals surface area contributed by atoms with E-state index in [1.807, 2.05) is 30.3 Å². The van der Waals surface area contributed by atoms with Crippen molar-refractivity contribution < 1.29 is 4.79 Å². The van der Waals surface area contributed by atoms with E-state index in [-0.39, 0.29) is 17.2 Å². The van der Waals surface area contributed by atoms with Crippen molar-refractivity contribution >= 4 is 32.3 Å². The molecule has 0 saturated carbocycles. The van der Waals surface area contributed by atoms with E-state index < -0.39 is 0 Å². The van der Waals surface area contributed by atoms with Crippen LogP contribution in [0.4, 0.5) is 5.69 Å². The number of carbonyl (C=O) groups excluding carboxylic acids is 1. The minimum atomic E-state index is -0.186. The summed E-state index contributed by atoms with van der Waals surface area (Å²) in [5.41, 5.74) is 6.00. The molecule has 1 radical (unpaired) electrons. The summed E-state index contributed by atoms with van der Waals surface area (Å²) >= 11 is 2.51. The first kappa shape index (κ1) is 10.8. The van der Waals surface area contributed by atoms with Crippen LogP contribution < -0.4 is 11.1 Å². The molecule has 5 heteroatoms. The molecule has 0 heterocycles. The summed E-state index contributed by atoms with van der Waals surface area (Å²) in [4.78, 5) is 15.0. The number of nitrogens with zero attached hydrogens (tertiary/aromatic N) is 1. The van der Waals surface area contributed by atoms with Crippen LogP contribution in [0.1, 0.15) is 0 Å². The second kappa shape index (κ2) is 5.42. The Morgan fingerprint density at radius 2 is 2.07 bits per heavy atom. The van der Waals surface area contributed by atoms with Crippen molar-refractivity contribution in [1.29, 1.82) is 0 Å². The van der Waals surface area contributed by atoms with Gasteiger partial charge in [-0.15, -0.1) is 0 Å². The first-order chi connectivity index (χ1) is 6.68. The van der Waals surface area contributed by atoms with Gasteiger partial charge in [0, 0.05) is 0 Å². The van der Waals surface area contributed by atoms with Gasteiger partial charge in [-0.1, -0.05) is 0 Å². The summed E-state index contributed by atoms with van der Waals surface area (Å²) in [6.07, 6.45) is 0. The standard InChI is InChI=1S/C9H10N3OSe/c10-9(14)11-6-8(13)12-7-4-2-1-3-5-7/h1-5H,6H2,(H2,10,11)(H,12,13). The number of para-hydroxylation sites is 1. The molecule has 0 saturated heterocycles. The predicted molar refractivity (Wildman–Crippen MR) is 57.3 cm³/mol. The molecule has 1 aromatic carbocycles. The van der Waals surface area contributed by atoms with E-state index >= 15 is 0 Å². The van der Waals surface area contributed by atoms with Gasteiger partial charge in [0.15, 0.2) is 0 Å². The molecule has 1 rings (SSSR count). The molecule has 73 valence electrons. The van der Waals surface area contributed by atoms with Gasteiger partial charge in [0.05, 0.1) is 0 Å². The van der Waals surface area contributed by atoms with Crippen LogP contribution in [0.25, 0.3) is 0 Å². The summed E-state index contributed by atoms with van der Waals surface area (Å²) in [5.74, 6) is -0.186. The molecule has 0 aliphatic rings. The zero-order valence-corrected chi connectivity index (χ0v) is 9.15. The van der Waals surface area contributed by atoms with Crippen molar-refractivity contribution in [3.8, 4) is 0 Å². The molecule has 4 nitrogen and oxygen atoms in total. The molecule has 0 spiro atoms. The van der Waals surface area contributed by atoms with Gasteiger partial charge in [0.2, 0.25) is 0 Å². The Morgan fingerprint density at radius 3 is 2.64 bits per heavy atom. The molecule has 14 heavy (non-hydrogen) atoms. The first-order valence-corrected chi connectivity index (χ1v) is 4.86. The van der Waals surface area contributed by atoms with Crippen molar-refractivity contribution in [2.45, 2.75) is 0 Å². The maximum atomic E-state index is 11.2. The predicted octanol–water partition coefficient (Wildman–Crippen LogP) is 0.108. The number of nitrogens with one attached hydrogen (secondary N) is 1. The number of hydrogen-bond acceptors (Lipinski definition) is 2. The van der Waals surface area contributed by atoms with E-state index in [0.29, 0.717) is 0 Å². The fourth-order valence-corrected chi connectivity index (χ4v) is 1.01. The Kier molecular flexibility index (Phi) is 4.16. The number of amidine groups is 1. The SMILES string of the molecule is NC([Se])=NCC(=O)Nc1ccccc1. The van der Waals surface area contributed by atoms with Crippen LogP contribution in [0, 0.1) is 0 Å². The molecule has 1 amide bonds. The number of amides is 1. The molecule has 0 bridgehead atoms. The molecular formula is C9H10N3OSe. The molecule has 3 N–H and O–H groups in total.